The molecule has 0 bridgehead atoms. The zero-order valence-electron chi connectivity index (χ0n) is 10.2. The van der Waals surface area contributed by atoms with Crippen LogP contribution in [0.4, 0.5) is 4.39 Å². The molecule has 1 aliphatic rings. The van der Waals surface area contributed by atoms with E-state index in [1.165, 1.54) is 6.07 Å². The van der Waals surface area contributed by atoms with E-state index in [4.69, 9.17) is 0 Å². The second-order valence-corrected chi connectivity index (χ2v) is 4.74. The summed E-state index contributed by atoms with van der Waals surface area (Å²) in [4.78, 5) is 0. The first-order valence-corrected chi connectivity index (χ1v) is 6.25. The minimum absolute atomic E-state index is 0.181. The Bertz CT molecular complexity index is 760. The van der Waals surface area contributed by atoms with Crippen LogP contribution in [0.1, 0.15) is 11.1 Å². The second kappa shape index (κ2) is 3.79. The van der Waals surface area contributed by atoms with E-state index in [-0.39, 0.29) is 5.82 Å². The zero-order valence-corrected chi connectivity index (χ0v) is 10.2. The third-order valence-corrected chi connectivity index (χ3v) is 3.63. The highest BCUT2D eigenvalue weighted by Gasteiger charge is 2.27. The number of hydrogen-bond donors (Lipinski definition) is 1. The highest BCUT2D eigenvalue weighted by atomic mass is 19.1. The Morgan fingerprint density at radius 1 is 1.00 bits per heavy atom. The standard InChI is InChI=1S/C16H11FN2/c17-13-8-4-7-11-9-12-15(10-5-2-1-3-6-10)18-19-16(12)14(11)13/h1-8H,9H2,(H,18,19). The Balaban J connectivity index is 1.93. The van der Waals surface area contributed by atoms with Crippen LogP contribution in [0.25, 0.3) is 22.5 Å². The molecule has 0 radical (unpaired) electrons. The molecule has 3 heteroatoms. The van der Waals surface area contributed by atoms with Crippen molar-refractivity contribution in [1.82, 2.24) is 10.2 Å². The van der Waals surface area contributed by atoms with Gasteiger partial charge in [0.25, 0.3) is 0 Å². The highest BCUT2D eigenvalue weighted by molar-refractivity contribution is 5.81. The maximum atomic E-state index is 13.9. The lowest BCUT2D eigenvalue weighted by Crippen LogP contribution is -1.88. The lowest BCUT2D eigenvalue weighted by Gasteiger charge is -2.00. The van der Waals surface area contributed by atoms with Gasteiger partial charge >= 0.3 is 0 Å². The number of H-pyrrole nitrogens is 1. The maximum Gasteiger partial charge on any atom is 0.132 e. The molecule has 2 nitrogen and oxygen atoms in total. The van der Waals surface area contributed by atoms with Crippen molar-refractivity contribution in [2.45, 2.75) is 6.42 Å². The number of aromatic amines is 1. The molecule has 19 heavy (non-hydrogen) atoms. The molecule has 0 unspecified atom stereocenters. The van der Waals surface area contributed by atoms with E-state index in [9.17, 15) is 4.39 Å². The van der Waals surface area contributed by atoms with Gasteiger partial charge in [0.1, 0.15) is 5.82 Å². The van der Waals surface area contributed by atoms with Crippen LogP contribution in [0.15, 0.2) is 48.5 Å². The number of nitrogens with zero attached hydrogens (tertiary/aromatic N) is 1. The normalized spacial score (nSPS) is 12.3. The van der Waals surface area contributed by atoms with E-state index in [0.29, 0.717) is 5.56 Å². The van der Waals surface area contributed by atoms with E-state index in [2.05, 4.69) is 10.2 Å². The van der Waals surface area contributed by atoms with Gasteiger partial charge in [0.15, 0.2) is 0 Å². The number of benzene rings is 2. The minimum atomic E-state index is -0.181. The fourth-order valence-electron chi connectivity index (χ4n) is 2.77. The van der Waals surface area contributed by atoms with E-state index in [1.807, 2.05) is 36.4 Å². The summed E-state index contributed by atoms with van der Waals surface area (Å²) in [5.74, 6) is -0.181. The third-order valence-electron chi connectivity index (χ3n) is 3.63. The summed E-state index contributed by atoms with van der Waals surface area (Å²) in [6.45, 7) is 0. The molecule has 2 aromatic carbocycles. The molecular weight excluding hydrogens is 239 g/mol. The molecule has 0 atom stereocenters. The Kier molecular flexibility index (Phi) is 2.09. The summed E-state index contributed by atoms with van der Waals surface area (Å²) < 4.78 is 13.9. The largest absolute Gasteiger partial charge is 0.277 e. The van der Waals surface area contributed by atoms with Crippen LogP contribution in [0.2, 0.25) is 0 Å². The van der Waals surface area contributed by atoms with Crippen molar-refractivity contribution >= 4 is 0 Å². The Labute approximate surface area is 109 Å². The Hall–Kier alpha value is -2.42. The quantitative estimate of drug-likeness (QED) is 0.547. The van der Waals surface area contributed by atoms with Crippen LogP contribution >= 0.6 is 0 Å². The lowest BCUT2D eigenvalue weighted by molar-refractivity contribution is 0.630. The number of aromatic nitrogens is 2. The topological polar surface area (TPSA) is 28.7 Å². The van der Waals surface area contributed by atoms with Crippen molar-refractivity contribution in [2.75, 3.05) is 0 Å². The molecule has 1 aromatic heterocycles. The van der Waals surface area contributed by atoms with Gasteiger partial charge in [0.2, 0.25) is 0 Å². The van der Waals surface area contributed by atoms with Crippen molar-refractivity contribution in [1.29, 1.82) is 0 Å². The van der Waals surface area contributed by atoms with E-state index >= 15 is 0 Å². The zero-order chi connectivity index (χ0) is 12.8. The van der Waals surface area contributed by atoms with Crippen molar-refractivity contribution in [3.05, 3.63) is 65.5 Å². The monoisotopic (exact) mass is 250 g/mol. The smallest absolute Gasteiger partial charge is 0.132 e. The molecule has 0 spiro atoms. The summed E-state index contributed by atoms with van der Waals surface area (Å²) in [7, 11) is 0. The van der Waals surface area contributed by atoms with Crippen LogP contribution in [-0.4, -0.2) is 10.2 Å². The third kappa shape index (κ3) is 1.45. The van der Waals surface area contributed by atoms with Crippen molar-refractivity contribution < 1.29 is 4.39 Å². The molecule has 0 saturated heterocycles. The summed E-state index contributed by atoms with van der Waals surface area (Å²) >= 11 is 0. The van der Waals surface area contributed by atoms with Crippen LogP contribution in [0.5, 0.6) is 0 Å². The molecule has 1 N–H and O–H groups in total. The van der Waals surface area contributed by atoms with Gasteiger partial charge in [-0.25, -0.2) is 4.39 Å². The number of nitrogens with one attached hydrogen (secondary N) is 1. The van der Waals surface area contributed by atoms with Gasteiger partial charge in [-0.3, -0.25) is 5.10 Å². The van der Waals surface area contributed by atoms with Gasteiger partial charge in [0.05, 0.1) is 11.4 Å². The average Bonchev–Trinajstić information content (AvgIpc) is 2.98. The fraction of sp³-hybridized carbons (Fsp3) is 0.0625. The maximum absolute atomic E-state index is 13.9. The first kappa shape index (κ1) is 10.5. The molecule has 0 aliphatic heterocycles. The molecule has 1 aliphatic carbocycles. The summed E-state index contributed by atoms with van der Waals surface area (Å²) in [6.07, 6.45) is 0.739. The molecular formula is C16H11FN2. The van der Waals surface area contributed by atoms with E-state index in [0.717, 1.165) is 34.5 Å². The van der Waals surface area contributed by atoms with Crippen LogP contribution in [0, 0.1) is 5.82 Å². The fourth-order valence-corrected chi connectivity index (χ4v) is 2.77. The average molecular weight is 250 g/mol. The van der Waals surface area contributed by atoms with Gasteiger partial charge in [0, 0.05) is 23.1 Å². The summed E-state index contributed by atoms with van der Waals surface area (Å²) in [6, 6.07) is 15.2. The van der Waals surface area contributed by atoms with E-state index < -0.39 is 0 Å². The van der Waals surface area contributed by atoms with E-state index in [1.54, 1.807) is 6.07 Å². The molecule has 92 valence electrons. The molecule has 3 aromatic rings. The van der Waals surface area contributed by atoms with Crippen LogP contribution in [-0.2, 0) is 6.42 Å². The van der Waals surface area contributed by atoms with Gasteiger partial charge in [-0.1, -0.05) is 42.5 Å². The summed E-state index contributed by atoms with van der Waals surface area (Å²) in [5.41, 5.74) is 5.60. The lowest BCUT2D eigenvalue weighted by atomic mass is 10.1. The van der Waals surface area contributed by atoms with Gasteiger partial charge in [-0.2, -0.15) is 5.10 Å². The number of halogens is 1. The molecule has 0 fully saturated rings. The number of hydrogen-bond acceptors (Lipinski definition) is 1. The molecule has 0 saturated carbocycles. The first-order chi connectivity index (χ1) is 9.34. The Morgan fingerprint density at radius 3 is 2.68 bits per heavy atom. The van der Waals surface area contributed by atoms with Crippen LogP contribution in [0.3, 0.4) is 0 Å². The van der Waals surface area contributed by atoms with Crippen molar-refractivity contribution in [3.8, 4) is 22.5 Å². The van der Waals surface area contributed by atoms with Gasteiger partial charge in [-0.05, 0) is 11.6 Å². The number of rotatable bonds is 1. The van der Waals surface area contributed by atoms with Gasteiger partial charge < -0.3 is 0 Å². The summed E-state index contributed by atoms with van der Waals surface area (Å²) in [5, 5.41) is 7.35. The van der Waals surface area contributed by atoms with Gasteiger partial charge in [-0.15, -0.1) is 0 Å². The second-order valence-electron chi connectivity index (χ2n) is 4.74. The number of fused-ring (bicyclic) bond motifs is 3. The first-order valence-electron chi connectivity index (χ1n) is 6.25. The predicted molar refractivity (Wildman–Crippen MR) is 72.2 cm³/mol. The molecule has 0 amide bonds. The van der Waals surface area contributed by atoms with Crippen LogP contribution < -0.4 is 0 Å². The Morgan fingerprint density at radius 2 is 1.84 bits per heavy atom. The predicted octanol–water partition coefficient (Wildman–Crippen LogP) is 3.79. The minimum Gasteiger partial charge on any atom is -0.277 e. The molecule has 4 rings (SSSR count). The SMILES string of the molecule is Fc1cccc2c1-c1[nH]nc(-c3ccccc3)c1C2. The highest BCUT2D eigenvalue weighted by Crippen LogP contribution is 2.41. The van der Waals surface area contributed by atoms with Crippen molar-refractivity contribution in [2.24, 2.45) is 0 Å². The molecule has 1 heterocycles. The van der Waals surface area contributed by atoms with Crippen molar-refractivity contribution in [3.63, 3.8) is 0 Å².